The van der Waals surface area contributed by atoms with Crippen LogP contribution in [0.1, 0.15) is 45.1 Å². The van der Waals surface area contributed by atoms with Crippen molar-refractivity contribution in [1.29, 1.82) is 0 Å². The third-order valence-corrected chi connectivity index (χ3v) is 4.16. The summed E-state index contributed by atoms with van der Waals surface area (Å²) in [6, 6.07) is 9.93. The topological polar surface area (TPSA) is 84.2 Å². The molecule has 1 atom stereocenters. The van der Waals surface area contributed by atoms with Gasteiger partial charge in [-0.15, -0.1) is 0 Å². The minimum atomic E-state index is -1.17. The summed E-state index contributed by atoms with van der Waals surface area (Å²) in [5, 5.41) is 16.0. The summed E-state index contributed by atoms with van der Waals surface area (Å²) < 4.78 is 1.33. The summed E-state index contributed by atoms with van der Waals surface area (Å²) in [4.78, 5) is 23.5. The van der Waals surface area contributed by atoms with E-state index in [1.165, 1.54) is 17.1 Å². The molecular formula is C18H23N3O3. The Bertz CT molecular complexity index is 707. The van der Waals surface area contributed by atoms with Crippen LogP contribution in [0.3, 0.4) is 0 Å². The van der Waals surface area contributed by atoms with Crippen LogP contribution in [-0.2, 0) is 15.1 Å². The second-order valence-corrected chi connectivity index (χ2v) is 6.31. The lowest BCUT2D eigenvalue weighted by molar-refractivity contribution is -0.146. The number of hydrogen-bond donors (Lipinski definition) is 2. The Kier molecular flexibility index (Phi) is 5.39. The molecule has 1 heterocycles. The van der Waals surface area contributed by atoms with Gasteiger partial charge in [0, 0.05) is 12.6 Å². The van der Waals surface area contributed by atoms with Crippen LogP contribution in [0.2, 0.25) is 0 Å². The van der Waals surface area contributed by atoms with Gasteiger partial charge in [-0.05, 0) is 31.7 Å². The molecule has 128 valence electrons. The van der Waals surface area contributed by atoms with Gasteiger partial charge >= 0.3 is 5.97 Å². The summed E-state index contributed by atoms with van der Waals surface area (Å²) in [5.41, 5.74) is 0.467. The molecule has 0 radical (unpaired) electrons. The molecule has 1 unspecified atom stereocenters. The summed E-state index contributed by atoms with van der Waals surface area (Å²) in [7, 11) is 0. The molecule has 0 bridgehead atoms. The standard InChI is InChI=1S/C18H23N3O3/c1-4-13(14-8-6-5-7-9-14)10-16(22)20-15-11-19-21(12-15)18(2,3)17(23)24/h5-9,11-13H,4,10H2,1-3H3,(H,20,22)(H,23,24). The maximum atomic E-state index is 12.3. The molecule has 2 N–H and O–H groups in total. The summed E-state index contributed by atoms with van der Waals surface area (Å²) >= 11 is 0. The van der Waals surface area contributed by atoms with Gasteiger partial charge in [-0.1, -0.05) is 37.3 Å². The lowest BCUT2D eigenvalue weighted by atomic mass is 9.93. The van der Waals surface area contributed by atoms with Crippen LogP contribution in [0.25, 0.3) is 0 Å². The molecule has 1 aromatic carbocycles. The molecule has 0 fully saturated rings. The number of nitrogens with zero attached hydrogens (tertiary/aromatic N) is 2. The number of carbonyl (C=O) groups excluding carboxylic acids is 1. The Hall–Kier alpha value is -2.63. The van der Waals surface area contributed by atoms with E-state index in [0.29, 0.717) is 12.1 Å². The number of carbonyl (C=O) groups is 2. The number of hydrogen-bond acceptors (Lipinski definition) is 3. The van der Waals surface area contributed by atoms with Gasteiger partial charge in [0.25, 0.3) is 0 Å². The highest BCUT2D eigenvalue weighted by Gasteiger charge is 2.30. The van der Waals surface area contributed by atoms with Crippen molar-refractivity contribution in [2.75, 3.05) is 5.32 Å². The number of rotatable bonds is 7. The summed E-state index contributed by atoms with van der Waals surface area (Å²) in [6.45, 7) is 5.16. The molecule has 1 aromatic heterocycles. The average molecular weight is 329 g/mol. The Morgan fingerprint density at radius 1 is 1.29 bits per heavy atom. The summed E-state index contributed by atoms with van der Waals surface area (Å²) in [6.07, 6.45) is 4.23. The number of nitrogens with one attached hydrogen (secondary N) is 1. The van der Waals surface area contributed by atoms with Crippen LogP contribution < -0.4 is 5.32 Å². The predicted molar refractivity (Wildman–Crippen MR) is 91.9 cm³/mol. The first-order valence-electron chi connectivity index (χ1n) is 7.98. The maximum absolute atomic E-state index is 12.3. The van der Waals surface area contributed by atoms with Crippen molar-refractivity contribution in [2.24, 2.45) is 0 Å². The number of anilines is 1. The zero-order valence-electron chi connectivity index (χ0n) is 14.2. The van der Waals surface area contributed by atoms with E-state index < -0.39 is 11.5 Å². The summed E-state index contributed by atoms with van der Waals surface area (Å²) in [5.74, 6) is -0.950. The third-order valence-electron chi connectivity index (χ3n) is 4.16. The number of amides is 1. The SMILES string of the molecule is CCC(CC(=O)Nc1cnn(C(C)(C)C(=O)O)c1)c1ccccc1. The average Bonchev–Trinajstić information content (AvgIpc) is 3.02. The minimum absolute atomic E-state index is 0.113. The molecule has 0 aliphatic rings. The Balaban J connectivity index is 2.02. The molecule has 0 spiro atoms. The predicted octanol–water partition coefficient (Wildman–Crippen LogP) is 3.23. The second kappa shape index (κ2) is 7.29. The van der Waals surface area contributed by atoms with Gasteiger partial charge in [0.15, 0.2) is 5.54 Å². The lowest BCUT2D eigenvalue weighted by Crippen LogP contribution is -2.35. The van der Waals surface area contributed by atoms with E-state index in [2.05, 4.69) is 17.3 Å². The zero-order valence-corrected chi connectivity index (χ0v) is 14.2. The Morgan fingerprint density at radius 2 is 1.96 bits per heavy atom. The first kappa shape index (κ1) is 17.7. The fraction of sp³-hybridized carbons (Fsp3) is 0.389. The van der Waals surface area contributed by atoms with Crippen molar-refractivity contribution in [1.82, 2.24) is 9.78 Å². The van der Waals surface area contributed by atoms with Crippen LogP contribution in [0.5, 0.6) is 0 Å². The number of carboxylic acid groups (broad SMARTS) is 1. The van der Waals surface area contributed by atoms with Gasteiger partial charge in [-0.3, -0.25) is 9.48 Å². The van der Waals surface area contributed by atoms with Gasteiger partial charge in [0.1, 0.15) is 0 Å². The number of aromatic nitrogens is 2. The van der Waals surface area contributed by atoms with E-state index in [1.807, 2.05) is 30.3 Å². The number of carboxylic acids is 1. The molecule has 0 aliphatic carbocycles. The molecule has 0 aliphatic heterocycles. The van der Waals surface area contributed by atoms with Crippen molar-refractivity contribution >= 4 is 17.6 Å². The molecule has 24 heavy (non-hydrogen) atoms. The maximum Gasteiger partial charge on any atom is 0.331 e. The van der Waals surface area contributed by atoms with Crippen LogP contribution in [0.4, 0.5) is 5.69 Å². The number of aliphatic carboxylic acids is 1. The first-order valence-corrected chi connectivity index (χ1v) is 7.98. The van der Waals surface area contributed by atoms with Crippen molar-refractivity contribution in [2.45, 2.75) is 45.1 Å². The minimum Gasteiger partial charge on any atom is -0.479 e. The molecule has 2 rings (SSSR count). The highest BCUT2D eigenvalue weighted by molar-refractivity contribution is 5.91. The molecule has 6 nitrogen and oxygen atoms in total. The quantitative estimate of drug-likeness (QED) is 0.817. The second-order valence-electron chi connectivity index (χ2n) is 6.31. The van der Waals surface area contributed by atoms with E-state index in [9.17, 15) is 14.7 Å². The van der Waals surface area contributed by atoms with E-state index in [4.69, 9.17) is 0 Å². The van der Waals surface area contributed by atoms with E-state index in [0.717, 1.165) is 12.0 Å². The van der Waals surface area contributed by atoms with Gasteiger partial charge in [-0.2, -0.15) is 5.10 Å². The highest BCUT2D eigenvalue weighted by Crippen LogP contribution is 2.24. The van der Waals surface area contributed by atoms with Crippen LogP contribution in [0, 0.1) is 0 Å². The molecule has 6 heteroatoms. The normalized spacial score (nSPS) is 12.6. The Morgan fingerprint density at radius 3 is 2.54 bits per heavy atom. The fourth-order valence-corrected chi connectivity index (χ4v) is 2.45. The largest absolute Gasteiger partial charge is 0.479 e. The first-order chi connectivity index (χ1) is 11.3. The van der Waals surface area contributed by atoms with E-state index in [1.54, 1.807) is 13.8 Å². The molecule has 0 saturated heterocycles. The van der Waals surface area contributed by atoms with Crippen LogP contribution in [0.15, 0.2) is 42.7 Å². The van der Waals surface area contributed by atoms with E-state index >= 15 is 0 Å². The van der Waals surface area contributed by atoms with Crippen molar-refractivity contribution < 1.29 is 14.7 Å². The van der Waals surface area contributed by atoms with Gasteiger partial charge in [0.2, 0.25) is 5.91 Å². The van der Waals surface area contributed by atoms with Crippen molar-refractivity contribution in [3.8, 4) is 0 Å². The van der Waals surface area contributed by atoms with Crippen molar-refractivity contribution in [3.63, 3.8) is 0 Å². The smallest absolute Gasteiger partial charge is 0.331 e. The highest BCUT2D eigenvalue weighted by atomic mass is 16.4. The monoisotopic (exact) mass is 329 g/mol. The van der Waals surface area contributed by atoms with Gasteiger partial charge in [0.05, 0.1) is 11.9 Å². The molecule has 1 amide bonds. The van der Waals surface area contributed by atoms with Crippen LogP contribution >= 0.6 is 0 Å². The van der Waals surface area contributed by atoms with Crippen LogP contribution in [-0.4, -0.2) is 26.8 Å². The zero-order chi connectivity index (χ0) is 17.7. The van der Waals surface area contributed by atoms with E-state index in [-0.39, 0.29) is 11.8 Å². The molecule has 2 aromatic rings. The molecule has 0 saturated carbocycles. The van der Waals surface area contributed by atoms with Gasteiger partial charge in [-0.25, -0.2) is 4.79 Å². The number of benzene rings is 1. The third kappa shape index (κ3) is 4.01. The van der Waals surface area contributed by atoms with Crippen molar-refractivity contribution in [3.05, 3.63) is 48.3 Å². The molecular weight excluding hydrogens is 306 g/mol. The Labute approximate surface area is 141 Å². The van der Waals surface area contributed by atoms with Gasteiger partial charge < -0.3 is 10.4 Å². The fourth-order valence-electron chi connectivity index (χ4n) is 2.45. The lowest BCUT2D eigenvalue weighted by Gasteiger charge is -2.19.